The highest BCUT2D eigenvalue weighted by molar-refractivity contribution is 5.84. The zero-order valence-corrected chi connectivity index (χ0v) is 10.2. The predicted molar refractivity (Wildman–Crippen MR) is 69.9 cm³/mol. The number of para-hydroxylation sites is 1. The average molecular weight is 216 g/mol. The van der Waals surface area contributed by atoms with E-state index < -0.39 is 0 Å². The lowest BCUT2D eigenvalue weighted by Crippen LogP contribution is -2.09. The van der Waals surface area contributed by atoms with Crippen LogP contribution >= 0.6 is 0 Å². The molecule has 0 aliphatic rings. The molecule has 0 fully saturated rings. The molecular weight excluding hydrogens is 196 g/mol. The van der Waals surface area contributed by atoms with Crippen LogP contribution in [-0.2, 0) is 13.0 Å². The van der Waals surface area contributed by atoms with Crippen molar-refractivity contribution in [2.24, 2.45) is 0 Å². The van der Waals surface area contributed by atoms with Gasteiger partial charge in [0.15, 0.2) is 0 Å². The Morgan fingerprint density at radius 1 is 1.25 bits per heavy atom. The standard InChI is InChI=1S/C14H20N2/c1-3-10-16-11-12(8-9-15-2)13-6-4-5-7-14(13)16/h4-7,11,15H,3,8-10H2,1-2H3. The third-order valence-corrected chi connectivity index (χ3v) is 2.98. The van der Waals surface area contributed by atoms with Gasteiger partial charge in [-0.1, -0.05) is 25.1 Å². The molecule has 2 aromatic rings. The number of rotatable bonds is 5. The molecule has 1 aromatic heterocycles. The fraction of sp³-hybridized carbons (Fsp3) is 0.429. The second-order valence-electron chi connectivity index (χ2n) is 4.22. The molecule has 0 atom stereocenters. The van der Waals surface area contributed by atoms with Crippen LogP contribution in [0.3, 0.4) is 0 Å². The first kappa shape index (κ1) is 11.2. The normalized spacial score (nSPS) is 11.1. The Bertz CT molecular complexity index is 457. The molecule has 2 nitrogen and oxygen atoms in total. The zero-order chi connectivity index (χ0) is 11.4. The smallest absolute Gasteiger partial charge is 0.0483 e. The molecule has 2 rings (SSSR count). The first-order valence-corrected chi connectivity index (χ1v) is 6.08. The van der Waals surface area contributed by atoms with Crippen molar-refractivity contribution in [1.29, 1.82) is 0 Å². The Morgan fingerprint density at radius 2 is 2.06 bits per heavy atom. The number of fused-ring (bicyclic) bond motifs is 1. The van der Waals surface area contributed by atoms with Crippen LogP contribution in [0.4, 0.5) is 0 Å². The number of likely N-dealkylation sites (N-methyl/N-ethyl adjacent to an activating group) is 1. The summed E-state index contributed by atoms with van der Waals surface area (Å²) < 4.78 is 2.38. The monoisotopic (exact) mass is 216 g/mol. The second kappa shape index (κ2) is 5.17. The SMILES string of the molecule is CCCn1cc(CCNC)c2ccccc21. The molecule has 1 N–H and O–H groups in total. The van der Waals surface area contributed by atoms with Crippen molar-refractivity contribution in [2.45, 2.75) is 26.3 Å². The van der Waals surface area contributed by atoms with Gasteiger partial charge in [-0.3, -0.25) is 0 Å². The van der Waals surface area contributed by atoms with E-state index in [9.17, 15) is 0 Å². The first-order valence-electron chi connectivity index (χ1n) is 6.08. The van der Waals surface area contributed by atoms with Crippen molar-refractivity contribution >= 4 is 10.9 Å². The third-order valence-electron chi connectivity index (χ3n) is 2.98. The van der Waals surface area contributed by atoms with Gasteiger partial charge in [-0.05, 0) is 38.1 Å². The summed E-state index contributed by atoms with van der Waals surface area (Å²) in [5, 5.41) is 4.62. The highest BCUT2D eigenvalue weighted by Gasteiger charge is 2.06. The van der Waals surface area contributed by atoms with Crippen molar-refractivity contribution in [2.75, 3.05) is 13.6 Å². The predicted octanol–water partition coefficient (Wildman–Crippen LogP) is 2.81. The molecular formula is C14H20N2. The Hall–Kier alpha value is -1.28. The molecule has 86 valence electrons. The van der Waals surface area contributed by atoms with E-state index in [-0.39, 0.29) is 0 Å². The number of nitrogens with one attached hydrogen (secondary N) is 1. The maximum absolute atomic E-state index is 3.21. The largest absolute Gasteiger partial charge is 0.347 e. The number of benzene rings is 1. The average Bonchev–Trinajstić information content (AvgIpc) is 2.66. The van der Waals surface area contributed by atoms with Crippen LogP contribution < -0.4 is 5.32 Å². The van der Waals surface area contributed by atoms with Gasteiger partial charge in [0.2, 0.25) is 0 Å². The van der Waals surface area contributed by atoms with Crippen molar-refractivity contribution in [3.05, 3.63) is 36.0 Å². The third kappa shape index (κ3) is 2.12. The Kier molecular flexibility index (Phi) is 3.62. The maximum Gasteiger partial charge on any atom is 0.0483 e. The molecule has 0 saturated carbocycles. The highest BCUT2D eigenvalue weighted by Crippen LogP contribution is 2.21. The van der Waals surface area contributed by atoms with Crippen LogP contribution in [0.2, 0.25) is 0 Å². The van der Waals surface area contributed by atoms with E-state index in [1.54, 1.807) is 0 Å². The summed E-state index contributed by atoms with van der Waals surface area (Å²) in [7, 11) is 2.01. The van der Waals surface area contributed by atoms with E-state index in [4.69, 9.17) is 0 Å². The number of aryl methyl sites for hydroxylation is 1. The van der Waals surface area contributed by atoms with Crippen LogP contribution in [0.25, 0.3) is 10.9 Å². The van der Waals surface area contributed by atoms with Crippen LogP contribution in [0.15, 0.2) is 30.5 Å². The lowest BCUT2D eigenvalue weighted by Gasteiger charge is -2.01. The van der Waals surface area contributed by atoms with Gasteiger partial charge in [-0.15, -0.1) is 0 Å². The molecule has 0 radical (unpaired) electrons. The molecule has 0 spiro atoms. The van der Waals surface area contributed by atoms with E-state index in [2.05, 4.69) is 47.3 Å². The van der Waals surface area contributed by atoms with Gasteiger partial charge in [0.05, 0.1) is 0 Å². The summed E-state index contributed by atoms with van der Waals surface area (Å²) in [6.45, 7) is 4.38. The van der Waals surface area contributed by atoms with Crippen LogP contribution in [0.5, 0.6) is 0 Å². The van der Waals surface area contributed by atoms with Crippen molar-refractivity contribution in [1.82, 2.24) is 9.88 Å². The Morgan fingerprint density at radius 3 is 2.81 bits per heavy atom. The Balaban J connectivity index is 2.40. The van der Waals surface area contributed by atoms with Gasteiger partial charge >= 0.3 is 0 Å². The van der Waals surface area contributed by atoms with Gasteiger partial charge < -0.3 is 9.88 Å². The summed E-state index contributed by atoms with van der Waals surface area (Å²) in [5.74, 6) is 0. The molecule has 0 aliphatic carbocycles. The van der Waals surface area contributed by atoms with E-state index >= 15 is 0 Å². The molecule has 16 heavy (non-hydrogen) atoms. The van der Waals surface area contributed by atoms with Crippen molar-refractivity contribution < 1.29 is 0 Å². The van der Waals surface area contributed by atoms with E-state index in [1.807, 2.05) is 7.05 Å². The van der Waals surface area contributed by atoms with E-state index in [0.717, 1.165) is 19.5 Å². The summed E-state index contributed by atoms with van der Waals surface area (Å²) in [6, 6.07) is 8.69. The van der Waals surface area contributed by atoms with Crippen molar-refractivity contribution in [3.8, 4) is 0 Å². The number of nitrogens with zero attached hydrogens (tertiary/aromatic N) is 1. The zero-order valence-electron chi connectivity index (χ0n) is 10.2. The number of hydrogen-bond acceptors (Lipinski definition) is 1. The quantitative estimate of drug-likeness (QED) is 0.813. The Labute approximate surface area is 97.3 Å². The molecule has 0 bridgehead atoms. The fourth-order valence-corrected chi connectivity index (χ4v) is 2.21. The lowest BCUT2D eigenvalue weighted by atomic mass is 10.1. The molecule has 0 amide bonds. The van der Waals surface area contributed by atoms with Crippen LogP contribution in [0.1, 0.15) is 18.9 Å². The summed E-state index contributed by atoms with van der Waals surface area (Å²) in [4.78, 5) is 0. The molecule has 0 saturated heterocycles. The molecule has 0 unspecified atom stereocenters. The van der Waals surface area contributed by atoms with Gasteiger partial charge in [0.25, 0.3) is 0 Å². The number of aromatic nitrogens is 1. The molecule has 1 heterocycles. The van der Waals surface area contributed by atoms with Gasteiger partial charge in [-0.2, -0.15) is 0 Å². The van der Waals surface area contributed by atoms with E-state index in [0.29, 0.717) is 0 Å². The van der Waals surface area contributed by atoms with Crippen LogP contribution in [0, 0.1) is 0 Å². The topological polar surface area (TPSA) is 17.0 Å². The number of hydrogen-bond donors (Lipinski definition) is 1. The summed E-state index contributed by atoms with van der Waals surface area (Å²) in [5.41, 5.74) is 2.83. The van der Waals surface area contributed by atoms with Crippen molar-refractivity contribution in [3.63, 3.8) is 0 Å². The van der Waals surface area contributed by atoms with Gasteiger partial charge in [0.1, 0.15) is 0 Å². The summed E-state index contributed by atoms with van der Waals surface area (Å²) in [6.07, 6.45) is 4.60. The molecule has 1 aromatic carbocycles. The second-order valence-corrected chi connectivity index (χ2v) is 4.22. The maximum atomic E-state index is 3.21. The minimum atomic E-state index is 1.04. The lowest BCUT2D eigenvalue weighted by molar-refractivity contribution is 0.698. The van der Waals surface area contributed by atoms with E-state index in [1.165, 1.54) is 22.9 Å². The molecule has 2 heteroatoms. The first-order chi connectivity index (χ1) is 7.86. The minimum Gasteiger partial charge on any atom is -0.347 e. The molecule has 0 aliphatic heterocycles. The van der Waals surface area contributed by atoms with Gasteiger partial charge in [-0.25, -0.2) is 0 Å². The summed E-state index contributed by atoms with van der Waals surface area (Å²) >= 11 is 0. The highest BCUT2D eigenvalue weighted by atomic mass is 15.0. The minimum absolute atomic E-state index is 1.04. The van der Waals surface area contributed by atoms with Gasteiger partial charge in [0, 0.05) is 23.6 Å². The fourth-order valence-electron chi connectivity index (χ4n) is 2.21. The van der Waals surface area contributed by atoms with Crippen LogP contribution in [-0.4, -0.2) is 18.2 Å².